The van der Waals surface area contributed by atoms with Crippen molar-refractivity contribution in [1.29, 1.82) is 0 Å². The predicted molar refractivity (Wildman–Crippen MR) is 162 cm³/mol. The number of aliphatic hydroxyl groups is 1. The van der Waals surface area contributed by atoms with Crippen molar-refractivity contribution in [1.82, 2.24) is 39.0 Å². The lowest BCUT2D eigenvalue weighted by Gasteiger charge is -2.40. The number of carbonyl (C=O) groups excluding carboxylic acids is 2. The summed E-state index contributed by atoms with van der Waals surface area (Å²) in [6, 6.07) is 8.60. The molecule has 20 heteroatoms. The van der Waals surface area contributed by atoms with Gasteiger partial charge >= 0.3 is 17.8 Å². The number of halogens is 4. The number of pyridine rings is 1. The van der Waals surface area contributed by atoms with Gasteiger partial charge in [-0.1, -0.05) is 11.6 Å². The first kappa shape index (κ1) is 34.0. The maximum absolute atomic E-state index is 13.7. The minimum Gasteiger partial charge on any atom is -0.462 e. The quantitative estimate of drug-likeness (QED) is 0.218. The number of aliphatic hydroxyl groups excluding tert-OH is 1. The van der Waals surface area contributed by atoms with E-state index in [0.29, 0.717) is 9.59 Å². The van der Waals surface area contributed by atoms with Crippen molar-refractivity contribution in [3.8, 4) is 17.2 Å². The molecule has 5 rings (SSSR count). The smallest absolute Gasteiger partial charge is 0.416 e. The van der Waals surface area contributed by atoms with Crippen LogP contribution in [-0.4, -0.2) is 109 Å². The second-order valence-corrected chi connectivity index (χ2v) is 13.2. The third kappa shape index (κ3) is 7.49. The molecule has 4 heterocycles. The SMILES string of the molecule is CCOC(=O)c1cccnc1-n1nc(Cn2nc(-c3ccc(Cl)cc3)n(C[C@H](O)C(F)(F)F)c2=O)nc1C(=O)N1CCS(O)(O)CC1. The zero-order chi connectivity index (χ0) is 34.1. The fourth-order valence-corrected chi connectivity index (χ4v) is 6.00. The van der Waals surface area contributed by atoms with Crippen LogP contribution in [0.3, 0.4) is 0 Å². The monoisotopic (exact) mass is 700 g/mol. The second-order valence-electron chi connectivity index (χ2n) is 10.3. The molecule has 0 saturated carbocycles. The number of hydrogen-bond acceptors (Lipinski definition) is 11. The topological polar surface area (TPSA) is 191 Å². The third-order valence-corrected chi connectivity index (χ3v) is 8.96. The Morgan fingerprint density at radius 2 is 1.79 bits per heavy atom. The van der Waals surface area contributed by atoms with Gasteiger partial charge in [0.15, 0.2) is 23.6 Å². The Hall–Kier alpha value is -4.30. The Morgan fingerprint density at radius 3 is 2.43 bits per heavy atom. The molecule has 1 aliphatic heterocycles. The zero-order valence-corrected chi connectivity index (χ0v) is 26.1. The van der Waals surface area contributed by atoms with Gasteiger partial charge in [0.1, 0.15) is 12.1 Å². The molecule has 3 aromatic heterocycles. The molecule has 0 unspecified atom stereocenters. The minimum absolute atomic E-state index is 0.0217. The van der Waals surface area contributed by atoms with Crippen LogP contribution in [0.2, 0.25) is 5.02 Å². The molecule has 252 valence electrons. The molecule has 1 fully saturated rings. The molecule has 1 amide bonds. The lowest BCUT2D eigenvalue weighted by Crippen LogP contribution is -2.43. The van der Waals surface area contributed by atoms with Crippen molar-refractivity contribution in [2.45, 2.75) is 32.3 Å². The normalized spacial score (nSPS) is 16.1. The molecule has 1 saturated heterocycles. The van der Waals surface area contributed by atoms with Gasteiger partial charge in [-0.2, -0.15) is 28.4 Å². The number of aromatic nitrogens is 7. The number of ether oxygens (including phenoxy) is 1. The van der Waals surface area contributed by atoms with Crippen LogP contribution in [0.1, 0.15) is 33.7 Å². The third-order valence-electron chi connectivity index (χ3n) is 7.04. The van der Waals surface area contributed by atoms with E-state index in [9.17, 15) is 41.8 Å². The van der Waals surface area contributed by atoms with Gasteiger partial charge in [0.2, 0.25) is 5.82 Å². The fourth-order valence-electron chi connectivity index (χ4n) is 4.64. The molecular formula is C27H28ClF3N8O7S. The van der Waals surface area contributed by atoms with Crippen molar-refractivity contribution < 1.29 is 41.7 Å². The van der Waals surface area contributed by atoms with Crippen LogP contribution in [0.4, 0.5) is 13.2 Å². The number of carbonyl (C=O) groups is 2. The van der Waals surface area contributed by atoms with E-state index in [2.05, 4.69) is 20.2 Å². The van der Waals surface area contributed by atoms with Gasteiger partial charge in [0.05, 0.1) is 24.7 Å². The zero-order valence-electron chi connectivity index (χ0n) is 24.5. The van der Waals surface area contributed by atoms with Crippen molar-refractivity contribution in [3.63, 3.8) is 0 Å². The minimum atomic E-state index is -5.03. The number of alkyl halides is 3. The van der Waals surface area contributed by atoms with Crippen molar-refractivity contribution in [2.75, 3.05) is 31.2 Å². The van der Waals surface area contributed by atoms with Crippen molar-refractivity contribution >= 4 is 34.1 Å². The number of esters is 1. The lowest BCUT2D eigenvalue weighted by atomic mass is 10.2. The molecule has 1 atom stereocenters. The molecule has 3 N–H and O–H groups in total. The van der Waals surface area contributed by atoms with Gasteiger partial charge in [0.25, 0.3) is 5.91 Å². The molecule has 0 bridgehead atoms. The van der Waals surface area contributed by atoms with E-state index >= 15 is 0 Å². The molecule has 1 aromatic carbocycles. The molecule has 0 radical (unpaired) electrons. The van der Waals surface area contributed by atoms with Crippen molar-refractivity contribution in [3.05, 3.63) is 75.3 Å². The summed E-state index contributed by atoms with van der Waals surface area (Å²) in [5.41, 5.74) is -0.897. The highest BCUT2D eigenvalue weighted by Crippen LogP contribution is 2.40. The molecule has 0 spiro atoms. The second kappa shape index (κ2) is 13.4. The summed E-state index contributed by atoms with van der Waals surface area (Å²) in [5.74, 6) is -2.52. The summed E-state index contributed by atoms with van der Waals surface area (Å²) in [5, 5.41) is 18.6. The first-order valence-corrected chi connectivity index (χ1v) is 16.2. The molecule has 15 nitrogen and oxygen atoms in total. The Bertz CT molecular complexity index is 1830. The molecule has 4 aromatic rings. The van der Waals surface area contributed by atoms with Crippen LogP contribution in [0, 0.1) is 0 Å². The van der Waals surface area contributed by atoms with E-state index in [0.717, 1.165) is 9.36 Å². The van der Waals surface area contributed by atoms with Crippen LogP contribution < -0.4 is 5.69 Å². The Labute approximate surface area is 270 Å². The maximum atomic E-state index is 13.7. The van der Waals surface area contributed by atoms with E-state index in [4.69, 9.17) is 16.3 Å². The summed E-state index contributed by atoms with van der Waals surface area (Å²) >= 11 is 5.95. The van der Waals surface area contributed by atoms with E-state index in [1.54, 1.807) is 6.92 Å². The Morgan fingerprint density at radius 1 is 1.11 bits per heavy atom. The molecule has 0 aliphatic carbocycles. The van der Waals surface area contributed by atoms with Gasteiger partial charge in [0, 0.05) is 29.9 Å². The number of benzene rings is 1. The number of rotatable bonds is 9. The van der Waals surface area contributed by atoms with Crippen LogP contribution in [0.5, 0.6) is 0 Å². The highest BCUT2D eigenvalue weighted by atomic mass is 35.5. The van der Waals surface area contributed by atoms with Gasteiger partial charge in [-0.25, -0.2) is 24.2 Å². The van der Waals surface area contributed by atoms with Gasteiger partial charge in [-0.3, -0.25) is 18.5 Å². The Balaban J connectivity index is 1.59. The van der Waals surface area contributed by atoms with Crippen molar-refractivity contribution in [2.24, 2.45) is 0 Å². The van der Waals surface area contributed by atoms with E-state index in [1.807, 2.05) is 0 Å². The van der Waals surface area contributed by atoms with E-state index < -0.39 is 53.5 Å². The molecule has 1 aliphatic rings. The Kier molecular flexibility index (Phi) is 9.73. The van der Waals surface area contributed by atoms with Crippen LogP contribution in [-0.2, 0) is 17.8 Å². The van der Waals surface area contributed by atoms with Gasteiger partial charge in [-0.05, 0) is 43.3 Å². The first-order valence-electron chi connectivity index (χ1n) is 14.0. The van der Waals surface area contributed by atoms with Gasteiger partial charge in [-0.15, -0.1) is 10.2 Å². The summed E-state index contributed by atoms with van der Waals surface area (Å²) in [6.45, 7) is -0.133. The summed E-state index contributed by atoms with van der Waals surface area (Å²) < 4.78 is 67.4. The summed E-state index contributed by atoms with van der Waals surface area (Å²) in [6.07, 6.45) is -6.59. The number of amides is 1. The largest absolute Gasteiger partial charge is 0.462 e. The number of hydrogen-bond donors (Lipinski definition) is 3. The molecule has 47 heavy (non-hydrogen) atoms. The number of nitrogens with zero attached hydrogens (tertiary/aromatic N) is 8. The average molecular weight is 701 g/mol. The van der Waals surface area contributed by atoms with Crippen LogP contribution in [0.15, 0.2) is 47.4 Å². The van der Waals surface area contributed by atoms with Gasteiger partial charge < -0.3 is 14.7 Å². The van der Waals surface area contributed by atoms with Crippen LogP contribution >= 0.6 is 22.2 Å². The lowest BCUT2D eigenvalue weighted by molar-refractivity contribution is -0.207. The molecular weight excluding hydrogens is 673 g/mol. The summed E-state index contributed by atoms with van der Waals surface area (Å²) in [7, 11) is -2.86. The maximum Gasteiger partial charge on any atom is 0.416 e. The predicted octanol–water partition coefficient (Wildman–Crippen LogP) is 2.70. The first-order chi connectivity index (χ1) is 22.2. The van der Waals surface area contributed by atoms with E-state index in [1.165, 1.54) is 47.5 Å². The fraction of sp³-hybridized carbons (Fsp3) is 0.370. The van der Waals surface area contributed by atoms with E-state index in [-0.39, 0.29) is 65.6 Å². The van der Waals surface area contributed by atoms with Crippen LogP contribution in [0.25, 0.3) is 17.2 Å². The average Bonchev–Trinajstić information content (AvgIpc) is 3.58. The highest BCUT2D eigenvalue weighted by molar-refractivity contribution is 8.24. The highest BCUT2D eigenvalue weighted by Gasteiger charge is 2.39. The summed E-state index contributed by atoms with van der Waals surface area (Å²) in [4.78, 5) is 49.7. The standard InChI is InChI=1S/C27H28ClF3N8O7S/c1-2-46-25(42)18-4-3-9-32-22(18)39-23(24(41)36-10-12-47(44,45)13-11-36)33-20(34-39)15-38-26(43)37(14-19(40)27(29,30)31)21(35-38)16-5-7-17(28)8-6-16/h3-9,19,40,44-45H,2,10-15H2,1H3/t19-/m0/s1.